The number of para-hydroxylation sites is 2. The molecule has 0 saturated heterocycles. The number of nitrogens with one attached hydrogen (secondary N) is 2. The molecular formula is C27H25N3O7S. The lowest BCUT2D eigenvalue weighted by atomic mass is 10.1. The second kappa shape index (κ2) is 11.7. The second-order valence-corrected chi connectivity index (χ2v) is 9.34. The number of methoxy groups -OCH3 is 2. The summed E-state index contributed by atoms with van der Waals surface area (Å²) in [5.74, 6) is -2.63. The summed E-state index contributed by atoms with van der Waals surface area (Å²) < 4.78 is 15.7. The van der Waals surface area contributed by atoms with Crippen LogP contribution in [0.2, 0.25) is 0 Å². The molecule has 4 rings (SSSR count). The molecule has 0 aliphatic heterocycles. The van der Waals surface area contributed by atoms with E-state index in [-0.39, 0.29) is 21.9 Å². The maximum Gasteiger partial charge on any atom is 0.347 e. The number of aryl methyl sites for hydroxylation is 1. The Labute approximate surface area is 222 Å². The van der Waals surface area contributed by atoms with Gasteiger partial charge in [0.15, 0.2) is 0 Å². The van der Waals surface area contributed by atoms with Crippen molar-refractivity contribution in [3.8, 4) is 11.5 Å². The minimum Gasteiger partial charge on any atom is -0.496 e. The van der Waals surface area contributed by atoms with E-state index in [1.807, 2.05) is 0 Å². The number of carbonyl (C=O) groups excluding carboxylic acids is 4. The van der Waals surface area contributed by atoms with Crippen LogP contribution in [0.5, 0.6) is 11.5 Å². The van der Waals surface area contributed by atoms with Crippen molar-refractivity contribution in [1.29, 1.82) is 0 Å². The standard InChI is InChI=1S/C27H25N3O7S/c1-15(16-9-4-7-13-20(16)37-26(33)17-10-5-6-12-19(17)35-2)29-30-24(32)23(31)28-25-22(27(34)36-3)18-11-8-14-21(18)38-25/h4-7,9-10,12-13H,8,11,14H2,1-3H3,(H,28,31)(H,30,32)/b29-15+. The van der Waals surface area contributed by atoms with Crippen molar-refractivity contribution in [1.82, 2.24) is 5.43 Å². The van der Waals surface area contributed by atoms with E-state index in [4.69, 9.17) is 14.2 Å². The molecule has 3 aromatic rings. The molecule has 11 heteroatoms. The molecule has 0 fully saturated rings. The molecule has 0 radical (unpaired) electrons. The molecule has 38 heavy (non-hydrogen) atoms. The number of rotatable bonds is 7. The number of anilines is 1. The quantitative estimate of drug-likeness (QED) is 0.155. The largest absolute Gasteiger partial charge is 0.496 e. The Morgan fingerprint density at radius 1 is 0.868 bits per heavy atom. The highest BCUT2D eigenvalue weighted by Gasteiger charge is 2.29. The summed E-state index contributed by atoms with van der Waals surface area (Å²) in [4.78, 5) is 51.1. The van der Waals surface area contributed by atoms with Gasteiger partial charge < -0.3 is 19.5 Å². The van der Waals surface area contributed by atoms with Crippen LogP contribution < -0.4 is 20.2 Å². The van der Waals surface area contributed by atoms with E-state index in [1.165, 1.54) is 25.6 Å². The van der Waals surface area contributed by atoms with E-state index in [2.05, 4.69) is 15.8 Å². The van der Waals surface area contributed by atoms with Crippen LogP contribution in [0.1, 0.15) is 50.1 Å². The Hall–Kier alpha value is -4.51. The van der Waals surface area contributed by atoms with E-state index in [9.17, 15) is 19.2 Å². The molecule has 2 N–H and O–H groups in total. The SMILES string of the molecule is COC(=O)c1c(NC(=O)C(=O)N/N=C(\C)c2ccccc2OC(=O)c2ccccc2OC)sc2c1CCC2. The minimum atomic E-state index is -1.03. The second-order valence-electron chi connectivity index (χ2n) is 8.23. The van der Waals surface area contributed by atoms with Crippen LogP contribution in [0, 0.1) is 0 Å². The van der Waals surface area contributed by atoms with Crippen molar-refractivity contribution in [2.24, 2.45) is 5.10 Å². The van der Waals surface area contributed by atoms with Gasteiger partial charge in [0.25, 0.3) is 0 Å². The first-order valence-electron chi connectivity index (χ1n) is 11.7. The van der Waals surface area contributed by atoms with Crippen molar-refractivity contribution >= 4 is 45.8 Å². The number of hydrogen-bond acceptors (Lipinski definition) is 9. The van der Waals surface area contributed by atoms with Crippen LogP contribution in [0.4, 0.5) is 5.00 Å². The van der Waals surface area contributed by atoms with Crippen molar-refractivity contribution in [3.63, 3.8) is 0 Å². The number of nitrogens with zero attached hydrogens (tertiary/aromatic N) is 1. The van der Waals surface area contributed by atoms with Crippen LogP contribution in [0.25, 0.3) is 0 Å². The van der Waals surface area contributed by atoms with Gasteiger partial charge in [0, 0.05) is 10.4 Å². The van der Waals surface area contributed by atoms with Gasteiger partial charge >= 0.3 is 23.8 Å². The van der Waals surface area contributed by atoms with Gasteiger partial charge in [0.05, 0.1) is 25.5 Å². The number of amides is 2. The molecule has 0 atom stereocenters. The van der Waals surface area contributed by atoms with Crippen molar-refractivity contribution < 1.29 is 33.4 Å². The lowest BCUT2D eigenvalue weighted by Gasteiger charge is -2.12. The minimum absolute atomic E-state index is 0.208. The number of carbonyl (C=O) groups is 4. The number of hydrazone groups is 1. The number of benzene rings is 2. The lowest BCUT2D eigenvalue weighted by Crippen LogP contribution is -2.33. The van der Waals surface area contributed by atoms with Gasteiger partial charge in [-0.15, -0.1) is 11.3 Å². The van der Waals surface area contributed by atoms with E-state index < -0.39 is 23.8 Å². The molecule has 2 amide bonds. The summed E-state index contributed by atoms with van der Waals surface area (Å²) in [5, 5.41) is 6.78. The Balaban J connectivity index is 1.46. The van der Waals surface area contributed by atoms with Gasteiger partial charge in [0.2, 0.25) is 0 Å². The summed E-state index contributed by atoms with van der Waals surface area (Å²) >= 11 is 1.26. The summed E-state index contributed by atoms with van der Waals surface area (Å²) in [6, 6.07) is 13.3. The van der Waals surface area contributed by atoms with Crippen LogP contribution in [-0.2, 0) is 27.2 Å². The maximum atomic E-state index is 12.7. The summed E-state index contributed by atoms with van der Waals surface area (Å²) in [5.41, 5.74) is 4.32. The highest BCUT2D eigenvalue weighted by Crippen LogP contribution is 2.39. The predicted molar refractivity (Wildman–Crippen MR) is 141 cm³/mol. The van der Waals surface area contributed by atoms with Gasteiger partial charge in [0.1, 0.15) is 22.1 Å². The maximum absolute atomic E-state index is 12.7. The third-order valence-electron chi connectivity index (χ3n) is 5.88. The molecule has 1 heterocycles. The van der Waals surface area contributed by atoms with Crippen LogP contribution >= 0.6 is 11.3 Å². The summed E-state index contributed by atoms with van der Waals surface area (Å²) in [6.45, 7) is 1.59. The zero-order valence-corrected chi connectivity index (χ0v) is 21.8. The highest BCUT2D eigenvalue weighted by molar-refractivity contribution is 7.17. The summed E-state index contributed by atoms with van der Waals surface area (Å²) in [7, 11) is 2.72. The molecule has 0 unspecified atom stereocenters. The molecule has 2 aromatic carbocycles. The van der Waals surface area contributed by atoms with E-state index in [0.717, 1.165) is 23.3 Å². The third-order valence-corrected chi connectivity index (χ3v) is 7.08. The molecule has 196 valence electrons. The fraction of sp³-hybridized carbons (Fsp3) is 0.222. The topological polar surface area (TPSA) is 132 Å². The molecule has 10 nitrogen and oxygen atoms in total. The monoisotopic (exact) mass is 535 g/mol. The average molecular weight is 536 g/mol. The van der Waals surface area contributed by atoms with Gasteiger partial charge in [-0.2, -0.15) is 5.10 Å². The number of thiophene rings is 1. The Morgan fingerprint density at radius 2 is 1.55 bits per heavy atom. The normalized spacial score (nSPS) is 12.3. The first-order valence-corrected chi connectivity index (χ1v) is 12.5. The smallest absolute Gasteiger partial charge is 0.347 e. The van der Waals surface area contributed by atoms with Gasteiger partial charge in [-0.25, -0.2) is 15.0 Å². The zero-order chi connectivity index (χ0) is 27.2. The van der Waals surface area contributed by atoms with Crippen LogP contribution in [-0.4, -0.2) is 43.7 Å². The van der Waals surface area contributed by atoms with Crippen LogP contribution in [0.3, 0.4) is 0 Å². The molecule has 0 saturated carbocycles. The van der Waals surface area contributed by atoms with Gasteiger partial charge in [-0.05, 0) is 56.0 Å². The first kappa shape index (κ1) is 26.6. The number of hydrogen-bond donors (Lipinski definition) is 2. The molecular weight excluding hydrogens is 510 g/mol. The van der Waals surface area contributed by atoms with Gasteiger partial charge in [-0.1, -0.05) is 24.3 Å². The first-order chi connectivity index (χ1) is 18.3. The highest BCUT2D eigenvalue weighted by atomic mass is 32.1. The Bertz CT molecular complexity index is 1440. The zero-order valence-electron chi connectivity index (χ0n) is 21.0. The number of fused-ring (bicyclic) bond motifs is 1. The molecule has 1 aliphatic carbocycles. The Kier molecular flexibility index (Phi) is 8.17. The predicted octanol–water partition coefficient (Wildman–Crippen LogP) is 3.73. The lowest BCUT2D eigenvalue weighted by molar-refractivity contribution is -0.136. The van der Waals surface area contributed by atoms with E-state index in [1.54, 1.807) is 55.5 Å². The third kappa shape index (κ3) is 5.57. The molecule has 1 aliphatic rings. The van der Waals surface area contributed by atoms with Crippen molar-refractivity contribution in [2.75, 3.05) is 19.5 Å². The number of esters is 2. The molecule has 0 spiro atoms. The summed E-state index contributed by atoms with van der Waals surface area (Å²) in [6.07, 6.45) is 2.43. The number of ether oxygens (including phenoxy) is 3. The fourth-order valence-corrected chi connectivity index (χ4v) is 5.31. The van der Waals surface area contributed by atoms with Gasteiger partial charge in [-0.3, -0.25) is 9.59 Å². The van der Waals surface area contributed by atoms with Crippen molar-refractivity contribution in [2.45, 2.75) is 26.2 Å². The molecule has 0 bridgehead atoms. The fourth-order valence-electron chi connectivity index (χ4n) is 4.04. The molecule has 1 aromatic heterocycles. The van der Waals surface area contributed by atoms with Crippen molar-refractivity contribution in [3.05, 3.63) is 75.7 Å². The Morgan fingerprint density at radius 3 is 2.26 bits per heavy atom. The van der Waals surface area contributed by atoms with E-state index in [0.29, 0.717) is 23.4 Å². The van der Waals surface area contributed by atoms with E-state index >= 15 is 0 Å². The van der Waals surface area contributed by atoms with Crippen LogP contribution in [0.15, 0.2) is 53.6 Å². The average Bonchev–Trinajstić information content (AvgIpc) is 3.52.